The highest BCUT2D eigenvalue weighted by Gasteiger charge is 2.38. The Balaban J connectivity index is 1.75. The van der Waals surface area contributed by atoms with Crippen molar-refractivity contribution in [1.82, 2.24) is 9.97 Å². The number of allylic oxidation sites excluding steroid dienone is 4. The van der Waals surface area contributed by atoms with Crippen molar-refractivity contribution in [1.29, 1.82) is 0 Å². The minimum atomic E-state index is 0.161. The number of nitrogens with two attached hydrogens (primary N) is 1. The third-order valence-electron chi connectivity index (χ3n) is 4.98. The highest BCUT2D eigenvalue weighted by atomic mass is 14.8. The highest BCUT2D eigenvalue weighted by molar-refractivity contribution is 5.35. The summed E-state index contributed by atoms with van der Waals surface area (Å²) in [6.07, 6.45) is 18.0. The van der Waals surface area contributed by atoms with Gasteiger partial charge in [-0.1, -0.05) is 36.0 Å². The molecule has 4 rings (SSSR count). The van der Waals surface area contributed by atoms with Gasteiger partial charge >= 0.3 is 0 Å². The predicted molar refractivity (Wildman–Crippen MR) is 79.0 cm³/mol. The molecule has 0 spiro atoms. The van der Waals surface area contributed by atoms with Crippen LogP contribution in [-0.2, 0) is 6.42 Å². The van der Waals surface area contributed by atoms with Crippen LogP contribution in [0.15, 0.2) is 48.5 Å². The lowest BCUT2D eigenvalue weighted by Gasteiger charge is -2.39. The van der Waals surface area contributed by atoms with E-state index in [2.05, 4.69) is 40.3 Å². The Morgan fingerprint density at radius 1 is 1.20 bits per heavy atom. The van der Waals surface area contributed by atoms with E-state index in [1.165, 1.54) is 16.8 Å². The molecule has 0 amide bonds. The fourth-order valence-corrected chi connectivity index (χ4v) is 3.95. The molecule has 20 heavy (non-hydrogen) atoms. The molecule has 1 heterocycles. The van der Waals surface area contributed by atoms with Crippen molar-refractivity contribution in [2.75, 3.05) is 0 Å². The monoisotopic (exact) mass is 265 g/mol. The molecule has 3 aliphatic carbocycles. The van der Waals surface area contributed by atoms with Crippen LogP contribution in [-0.4, -0.2) is 16.0 Å². The molecule has 1 fully saturated rings. The number of nitrogens with zero attached hydrogens (tertiary/aromatic N) is 2. The van der Waals surface area contributed by atoms with Gasteiger partial charge in [0.2, 0.25) is 0 Å². The normalized spacial score (nSPS) is 34.5. The second-order valence-electron chi connectivity index (χ2n) is 6.09. The number of hydrogen-bond acceptors (Lipinski definition) is 3. The van der Waals surface area contributed by atoms with Crippen LogP contribution < -0.4 is 5.73 Å². The first-order valence-electron chi connectivity index (χ1n) is 7.41. The first-order valence-corrected chi connectivity index (χ1v) is 7.41. The Bertz CT molecular complexity index is 614. The molecule has 0 aromatic carbocycles. The highest BCUT2D eigenvalue weighted by Crippen LogP contribution is 2.47. The summed E-state index contributed by atoms with van der Waals surface area (Å²) in [4.78, 5) is 8.78. The van der Waals surface area contributed by atoms with E-state index in [0.29, 0.717) is 17.8 Å². The number of hydrogen-bond donors (Lipinski definition) is 1. The maximum Gasteiger partial charge on any atom is 0.115 e. The van der Waals surface area contributed by atoms with Gasteiger partial charge < -0.3 is 5.73 Å². The lowest BCUT2D eigenvalue weighted by molar-refractivity contribution is 0.319. The summed E-state index contributed by atoms with van der Waals surface area (Å²) in [5.74, 6) is 1.54. The molecule has 1 aromatic rings. The number of fused-ring (bicyclic) bond motifs is 4. The quantitative estimate of drug-likeness (QED) is 0.733. The van der Waals surface area contributed by atoms with E-state index in [-0.39, 0.29) is 6.04 Å². The van der Waals surface area contributed by atoms with E-state index >= 15 is 0 Å². The van der Waals surface area contributed by atoms with Crippen LogP contribution in [0.2, 0.25) is 0 Å². The maximum atomic E-state index is 6.29. The topological polar surface area (TPSA) is 51.8 Å². The van der Waals surface area contributed by atoms with Crippen molar-refractivity contribution in [2.24, 2.45) is 17.6 Å². The molecule has 3 heteroatoms. The predicted octanol–water partition coefficient (Wildman–Crippen LogP) is 2.52. The molecule has 102 valence electrons. The lowest BCUT2D eigenvalue weighted by Crippen LogP contribution is -2.37. The summed E-state index contributed by atoms with van der Waals surface area (Å²) in [6, 6.07) is 0.161. The zero-order valence-corrected chi connectivity index (χ0v) is 11.4. The van der Waals surface area contributed by atoms with E-state index < -0.39 is 0 Å². The average Bonchev–Trinajstić information content (AvgIpc) is 2.65. The van der Waals surface area contributed by atoms with Crippen molar-refractivity contribution in [3.8, 4) is 0 Å². The average molecular weight is 265 g/mol. The first-order chi connectivity index (χ1) is 9.83. The molecule has 2 N–H and O–H groups in total. The zero-order valence-electron chi connectivity index (χ0n) is 11.4. The summed E-state index contributed by atoms with van der Waals surface area (Å²) >= 11 is 0. The third kappa shape index (κ3) is 1.85. The van der Waals surface area contributed by atoms with Crippen LogP contribution in [0.3, 0.4) is 0 Å². The van der Waals surface area contributed by atoms with E-state index in [4.69, 9.17) is 5.73 Å². The van der Waals surface area contributed by atoms with Crippen LogP contribution in [0.4, 0.5) is 0 Å². The van der Waals surface area contributed by atoms with Crippen molar-refractivity contribution in [2.45, 2.75) is 31.2 Å². The SMILES string of the molecule is NC1C=CC=C2CC3C=CCc4cncnc4C3CC21. The number of rotatable bonds is 0. The van der Waals surface area contributed by atoms with Crippen LogP contribution in [0.1, 0.15) is 30.0 Å². The van der Waals surface area contributed by atoms with Crippen molar-refractivity contribution in [3.05, 3.63) is 59.7 Å². The van der Waals surface area contributed by atoms with Crippen LogP contribution >= 0.6 is 0 Å². The van der Waals surface area contributed by atoms with Gasteiger partial charge in [-0.2, -0.15) is 0 Å². The van der Waals surface area contributed by atoms with Crippen molar-refractivity contribution in [3.63, 3.8) is 0 Å². The van der Waals surface area contributed by atoms with Gasteiger partial charge in [-0.3, -0.25) is 0 Å². The molecule has 1 saturated carbocycles. The Hall–Kier alpha value is -1.74. The minimum Gasteiger partial charge on any atom is -0.324 e. The molecular weight excluding hydrogens is 246 g/mol. The molecule has 4 atom stereocenters. The fraction of sp³-hybridized carbons (Fsp3) is 0.412. The largest absolute Gasteiger partial charge is 0.324 e. The molecule has 1 aromatic heterocycles. The fourth-order valence-electron chi connectivity index (χ4n) is 3.95. The Morgan fingerprint density at radius 2 is 2.15 bits per heavy atom. The van der Waals surface area contributed by atoms with Crippen LogP contribution in [0, 0.1) is 11.8 Å². The van der Waals surface area contributed by atoms with Crippen molar-refractivity contribution >= 4 is 0 Å². The van der Waals surface area contributed by atoms with Gasteiger partial charge in [-0.05, 0) is 36.7 Å². The van der Waals surface area contributed by atoms with E-state index in [1.807, 2.05) is 6.20 Å². The standard InChI is InChI=1S/C17H19N3/c18-16-6-2-4-11-7-12-3-1-5-13-9-19-10-20-17(13)15(12)8-14(11)16/h1-4,6,9-10,12,14-16H,5,7-8,18H2. The second-order valence-corrected chi connectivity index (χ2v) is 6.09. The minimum absolute atomic E-state index is 0.161. The summed E-state index contributed by atoms with van der Waals surface area (Å²) < 4.78 is 0. The molecule has 4 unspecified atom stereocenters. The maximum absolute atomic E-state index is 6.29. The van der Waals surface area contributed by atoms with Crippen LogP contribution in [0.25, 0.3) is 0 Å². The van der Waals surface area contributed by atoms with Gasteiger partial charge in [0.15, 0.2) is 0 Å². The molecule has 0 bridgehead atoms. The molecule has 0 aliphatic heterocycles. The van der Waals surface area contributed by atoms with Gasteiger partial charge in [-0.25, -0.2) is 9.97 Å². The second kappa shape index (κ2) is 4.67. The third-order valence-corrected chi connectivity index (χ3v) is 4.98. The van der Waals surface area contributed by atoms with E-state index in [1.54, 1.807) is 6.33 Å². The summed E-state index contributed by atoms with van der Waals surface area (Å²) in [6.45, 7) is 0. The summed E-state index contributed by atoms with van der Waals surface area (Å²) in [5, 5.41) is 0. The summed E-state index contributed by atoms with van der Waals surface area (Å²) in [5.41, 5.74) is 10.3. The zero-order chi connectivity index (χ0) is 13.5. The Morgan fingerprint density at radius 3 is 3.10 bits per heavy atom. The molecule has 3 aliphatic rings. The molecular formula is C17H19N3. The van der Waals surface area contributed by atoms with Gasteiger partial charge in [0.25, 0.3) is 0 Å². The lowest BCUT2D eigenvalue weighted by atomic mass is 9.66. The molecule has 0 saturated heterocycles. The van der Waals surface area contributed by atoms with Gasteiger partial charge in [0, 0.05) is 18.2 Å². The van der Waals surface area contributed by atoms with Gasteiger partial charge in [0.1, 0.15) is 6.33 Å². The number of aromatic nitrogens is 2. The first kappa shape index (κ1) is 12.0. The van der Waals surface area contributed by atoms with Crippen molar-refractivity contribution < 1.29 is 0 Å². The Kier molecular flexibility index (Phi) is 2.81. The van der Waals surface area contributed by atoms with E-state index in [0.717, 1.165) is 19.3 Å². The summed E-state index contributed by atoms with van der Waals surface area (Å²) in [7, 11) is 0. The Labute approximate surface area is 119 Å². The van der Waals surface area contributed by atoms with Gasteiger partial charge in [0.05, 0.1) is 5.69 Å². The van der Waals surface area contributed by atoms with Gasteiger partial charge in [-0.15, -0.1) is 0 Å². The molecule has 0 radical (unpaired) electrons. The smallest absolute Gasteiger partial charge is 0.115 e. The van der Waals surface area contributed by atoms with E-state index in [9.17, 15) is 0 Å². The molecule has 3 nitrogen and oxygen atoms in total. The van der Waals surface area contributed by atoms with Crippen LogP contribution in [0.5, 0.6) is 0 Å².